The highest BCUT2D eigenvalue weighted by Gasteiger charge is 2.34. The summed E-state index contributed by atoms with van der Waals surface area (Å²) in [6.07, 6.45) is 6.03. The molecular weight excluding hydrogens is 274 g/mol. The first-order chi connectivity index (χ1) is 9.76. The van der Waals surface area contributed by atoms with E-state index in [1.807, 2.05) is 0 Å². The van der Waals surface area contributed by atoms with E-state index >= 15 is 0 Å². The summed E-state index contributed by atoms with van der Waals surface area (Å²) < 4.78 is 5.87. The van der Waals surface area contributed by atoms with Gasteiger partial charge in [0.05, 0.1) is 17.2 Å². The molecule has 1 N–H and O–H groups in total. The number of nitrogens with zero attached hydrogens (tertiary/aromatic N) is 2. The summed E-state index contributed by atoms with van der Waals surface area (Å²) in [6, 6.07) is 2.12. The molecule has 0 spiro atoms. The number of halogens is 1. The van der Waals surface area contributed by atoms with E-state index in [2.05, 4.69) is 28.2 Å². The van der Waals surface area contributed by atoms with Crippen molar-refractivity contribution in [3.63, 3.8) is 0 Å². The van der Waals surface area contributed by atoms with Crippen molar-refractivity contribution in [2.24, 2.45) is 0 Å². The van der Waals surface area contributed by atoms with Crippen LogP contribution in [0.5, 0.6) is 0 Å². The van der Waals surface area contributed by atoms with Gasteiger partial charge in [-0.15, -0.1) is 0 Å². The Morgan fingerprint density at radius 3 is 2.85 bits per heavy atom. The molecule has 2 atom stereocenters. The van der Waals surface area contributed by atoms with Crippen molar-refractivity contribution in [1.82, 2.24) is 10.3 Å². The average Bonchev–Trinajstić information content (AvgIpc) is 2.80. The molecule has 2 bridgehead atoms. The van der Waals surface area contributed by atoms with Crippen molar-refractivity contribution in [2.75, 3.05) is 24.5 Å². The first kappa shape index (κ1) is 14.1. The summed E-state index contributed by atoms with van der Waals surface area (Å²) in [5, 5.41) is 4.14. The molecule has 4 nitrogen and oxygen atoms in total. The van der Waals surface area contributed by atoms with Gasteiger partial charge in [-0.05, 0) is 37.4 Å². The van der Waals surface area contributed by atoms with Crippen LogP contribution in [0.1, 0.15) is 31.7 Å². The van der Waals surface area contributed by atoms with E-state index in [0.717, 1.165) is 49.0 Å². The van der Waals surface area contributed by atoms with E-state index in [9.17, 15) is 0 Å². The minimum absolute atomic E-state index is 0.382. The molecule has 2 aliphatic heterocycles. The third-order valence-electron chi connectivity index (χ3n) is 4.03. The SMILES string of the molecule is CCCNCc1cc(N2CC3CCC(C2)O3)ncc1Cl. The molecule has 1 aromatic heterocycles. The number of hydrogen-bond donors (Lipinski definition) is 1. The number of rotatable bonds is 5. The number of aromatic nitrogens is 1. The Morgan fingerprint density at radius 2 is 2.15 bits per heavy atom. The van der Waals surface area contributed by atoms with E-state index in [-0.39, 0.29) is 0 Å². The van der Waals surface area contributed by atoms with Crippen molar-refractivity contribution in [3.8, 4) is 0 Å². The van der Waals surface area contributed by atoms with Crippen molar-refractivity contribution in [3.05, 3.63) is 22.8 Å². The smallest absolute Gasteiger partial charge is 0.129 e. The summed E-state index contributed by atoms with van der Waals surface area (Å²) in [6.45, 7) is 5.88. The molecule has 0 radical (unpaired) electrons. The zero-order valence-electron chi connectivity index (χ0n) is 11.9. The van der Waals surface area contributed by atoms with Crippen LogP contribution >= 0.6 is 11.6 Å². The highest BCUT2D eigenvalue weighted by atomic mass is 35.5. The van der Waals surface area contributed by atoms with Crippen molar-refractivity contribution < 1.29 is 4.74 Å². The highest BCUT2D eigenvalue weighted by Crippen LogP contribution is 2.30. The molecule has 5 heteroatoms. The van der Waals surface area contributed by atoms with Gasteiger partial charge in [-0.1, -0.05) is 18.5 Å². The molecule has 2 unspecified atom stereocenters. The maximum absolute atomic E-state index is 6.24. The molecule has 3 rings (SSSR count). The Morgan fingerprint density at radius 1 is 1.40 bits per heavy atom. The van der Waals surface area contributed by atoms with Crippen molar-refractivity contribution in [1.29, 1.82) is 0 Å². The average molecular weight is 296 g/mol. The van der Waals surface area contributed by atoms with Gasteiger partial charge in [-0.25, -0.2) is 4.98 Å². The summed E-state index contributed by atoms with van der Waals surface area (Å²) in [5.41, 5.74) is 1.13. The van der Waals surface area contributed by atoms with E-state index in [0.29, 0.717) is 12.2 Å². The minimum Gasteiger partial charge on any atom is -0.371 e. The van der Waals surface area contributed by atoms with Gasteiger partial charge >= 0.3 is 0 Å². The topological polar surface area (TPSA) is 37.4 Å². The fourth-order valence-electron chi connectivity index (χ4n) is 2.98. The second kappa shape index (κ2) is 6.29. The first-order valence-electron chi connectivity index (χ1n) is 7.52. The van der Waals surface area contributed by atoms with Crippen LogP contribution in [-0.4, -0.2) is 36.8 Å². The molecule has 20 heavy (non-hydrogen) atoms. The Hall–Kier alpha value is -0.840. The lowest BCUT2D eigenvalue weighted by atomic mass is 10.2. The number of ether oxygens (including phenoxy) is 1. The van der Waals surface area contributed by atoms with Gasteiger partial charge in [0.2, 0.25) is 0 Å². The maximum atomic E-state index is 6.24. The van der Waals surface area contributed by atoms with Crippen LogP contribution in [0.2, 0.25) is 5.02 Å². The largest absolute Gasteiger partial charge is 0.371 e. The summed E-state index contributed by atoms with van der Waals surface area (Å²) in [7, 11) is 0. The molecule has 3 heterocycles. The predicted molar refractivity (Wildman–Crippen MR) is 81.4 cm³/mol. The fraction of sp³-hybridized carbons (Fsp3) is 0.667. The molecule has 0 amide bonds. The predicted octanol–water partition coefficient (Wildman–Crippen LogP) is 2.60. The van der Waals surface area contributed by atoms with Gasteiger partial charge in [0, 0.05) is 25.8 Å². The van der Waals surface area contributed by atoms with Gasteiger partial charge in [0.15, 0.2) is 0 Å². The number of anilines is 1. The highest BCUT2D eigenvalue weighted by molar-refractivity contribution is 6.31. The van der Waals surface area contributed by atoms with Crippen LogP contribution < -0.4 is 10.2 Å². The third-order valence-corrected chi connectivity index (χ3v) is 4.37. The quantitative estimate of drug-likeness (QED) is 0.847. The molecule has 1 aromatic rings. The lowest BCUT2D eigenvalue weighted by molar-refractivity contribution is 0.0302. The lowest BCUT2D eigenvalue weighted by Gasteiger charge is -2.33. The van der Waals surface area contributed by atoms with Crippen LogP contribution in [0.3, 0.4) is 0 Å². The minimum atomic E-state index is 0.382. The molecule has 110 valence electrons. The van der Waals surface area contributed by atoms with Gasteiger partial charge in [-0.2, -0.15) is 0 Å². The molecule has 2 fully saturated rings. The number of morpholine rings is 1. The van der Waals surface area contributed by atoms with Gasteiger partial charge in [-0.3, -0.25) is 0 Å². The standard InChI is InChI=1S/C15H22ClN3O/c1-2-5-17-7-11-6-15(18-8-14(11)16)19-9-12-3-4-13(10-19)20-12/h6,8,12-13,17H,2-5,7,9-10H2,1H3. The number of hydrogen-bond acceptors (Lipinski definition) is 4. The Labute approximate surface area is 125 Å². The van der Waals surface area contributed by atoms with Crippen LogP contribution in [-0.2, 0) is 11.3 Å². The second-order valence-electron chi connectivity index (χ2n) is 5.67. The number of fused-ring (bicyclic) bond motifs is 2. The fourth-order valence-corrected chi connectivity index (χ4v) is 3.15. The Bertz CT molecular complexity index is 456. The van der Waals surface area contributed by atoms with Crippen LogP contribution in [0.4, 0.5) is 5.82 Å². The normalized spacial score (nSPS) is 25.2. The van der Waals surface area contributed by atoms with Crippen molar-refractivity contribution >= 4 is 17.4 Å². The van der Waals surface area contributed by atoms with E-state index < -0.39 is 0 Å². The number of nitrogens with one attached hydrogen (secondary N) is 1. The monoisotopic (exact) mass is 295 g/mol. The molecule has 0 saturated carbocycles. The van der Waals surface area contributed by atoms with Gasteiger partial charge < -0.3 is 15.0 Å². The molecule has 2 aliphatic rings. The molecule has 0 aromatic carbocycles. The van der Waals surface area contributed by atoms with E-state index in [1.54, 1.807) is 6.20 Å². The zero-order chi connectivity index (χ0) is 13.9. The lowest BCUT2D eigenvalue weighted by Crippen LogP contribution is -2.43. The van der Waals surface area contributed by atoms with Crippen LogP contribution in [0, 0.1) is 0 Å². The first-order valence-corrected chi connectivity index (χ1v) is 7.89. The summed E-state index contributed by atoms with van der Waals surface area (Å²) >= 11 is 6.24. The second-order valence-corrected chi connectivity index (χ2v) is 6.08. The van der Waals surface area contributed by atoms with Crippen LogP contribution in [0.25, 0.3) is 0 Å². The molecule has 2 saturated heterocycles. The number of pyridine rings is 1. The van der Waals surface area contributed by atoms with Crippen molar-refractivity contribution in [2.45, 2.75) is 44.9 Å². The zero-order valence-corrected chi connectivity index (χ0v) is 12.7. The van der Waals surface area contributed by atoms with Crippen LogP contribution in [0.15, 0.2) is 12.3 Å². The molecule has 0 aliphatic carbocycles. The Kier molecular flexibility index (Phi) is 4.44. The van der Waals surface area contributed by atoms with Gasteiger partial charge in [0.1, 0.15) is 5.82 Å². The maximum Gasteiger partial charge on any atom is 0.129 e. The van der Waals surface area contributed by atoms with E-state index in [4.69, 9.17) is 16.3 Å². The summed E-state index contributed by atoms with van der Waals surface area (Å²) in [4.78, 5) is 6.84. The Balaban J connectivity index is 1.71. The molecular formula is C15H22ClN3O. The van der Waals surface area contributed by atoms with Gasteiger partial charge in [0.25, 0.3) is 0 Å². The summed E-state index contributed by atoms with van der Waals surface area (Å²) in [5.74, 6) is 1.03. The van der Waals surface area contributed by atoms with E-state index in [1.165, 1.54) is 12.8 Å². The third kappa shape index (κ3) is 3.08.